The molecule has 2 aromatic rings. The summed E-state index contributed by atoms with van der Waals surface area (Å²) < 4.78 is 0.947. The van der Waals surface area contributed by atoms with Crippen molar-refractivity contribution in [3.8, 4) is 0 Å². The smallest absolute Gasteiger partial charge is 0.251 e. The third-order valence-corrected chi connectivity index (χ3v) is 4.09. The van der Waals surface area contributed by atoms with E-state index in [0.717, 1.165) is 23.0 Å². The van der Waals surface area contributed by atoms with Crippen LogP contribution in [0.2, 0.25) is 0 Å². The van der Waals surface area contributed by atoms with Crippen molar-refractivity contribution >= 4 is 39.1 Å². The first-order chi connectivity index (χ1) is 11.6. The summed E-state index contributed by atoms with van der Waals surface area (Å²) in [6.45, 7) is 0.148. The highest BCUT2D eigenvalue weighted by molar-refractivity contribution is 9.10. The van der Waals surface area contributed by atoms with Gasteiger partial charge in [0.25, 0.3) is 5.91 Å². The summed E-state index contributed by atoms with van der Waals surface area (Å²) in [5.41, 5.74) is 2.02. The summed E-state index contributed by atoms with van der Waals surface area (Å²) in [4.78, 5) is 24.1. The van der Waals surface area contributed by atoms with E-state index in [1.54, 1.807) is 24.3 Å². The second kappa shape index (κ2) is 7.49. The van der Waals surface area contributed by atoms with E-state index < -0.39 is 0 Å². The van der Waals surface area contributed by atoms with Crippen LogP contribution in [0.15, 0.2) is 53.0 Å². The molecule has 124 valence electrons. The Morgan fingerprint density at radius 2 is 1.79 bits per heavy atom. The molecule has 0 aromatic heterocycles. The first-order valence-electron chi connectivity index (χ1n) is 7.80. The molecular formula is C18H18BrN3O2. The summed E-state index contributed by atoms with van der Waals surface area (Å²) in [5.74, 6) is -0.268. The molecular weight excluding hydrogens is 370 g/mol. The van der Waals surface area contributed by atoms with E-state index in [1.165, 1.54) is 0 Å². The fraction of sp³-hybridized carbons (Fsp3) is 0.222. The minimum Gasteiger partial charge on any atom is -0.376 e. The van der Waals surface area contributed by atoms with Gasteiger partial charge in [0.15, 0.2) is 0 Å². The van der Waals surface area contributed by atoms with Gasteiger partial charge in [-0.2, -0.15) is 0 Å². The number of hydrogen-bond acceptors (Lipinski definition) is 3. The Balaban J connectivity index is 1.54. The molecule has 5 nitrogen and oxygen atoms in total. The third-order valence-electron chi connectivity index (χ3n) is 3.60. The van der Waals surface area contributed by atoms with Crippen molar-refractivity contribution in [2.45, 2.75) is 18.9 Å². The number of benzene rings is 2. The lowest BCUT2D eigenvalue weighted by molar-refractivity contribution is -0.114. The number of halogens is 1. The van der Waals surface area contributed by atoms with E-state index in [4.69, 9.17) is 0 Å². The van der Waals surface area contributed by atoms with Crippen LogP contribution < -0.4 is 16.0 Å². The lowest BCUT2D eigenvalue weighted by Gasteiger charge is -2.09. The van der Waals surface area contributed by atoms with Gasteiger partial charge < -0.3 is 16.0 Å². The Kier molecular flexibility index (Phi) is 5.15. The molecule has 0 heterocycles. The van der Waals surface area contributed by atoms with E-state index in [9.17, 15) is 9.59 Å². The first-order valence-corrected chi connectivity index (χ1v) is 8.60. The molecule has 6 heteroatoms. The third kappa shape index (κ3) is 4.83. The average Bonchev–Trinajstić information content (AvgIpc) is 3.37. The van der Waals surface area contributed by atoms with Crippen LogP contribution in [0.4, 0.5) is 11.4 Å². The highest BCUT2D eigenvalue weighted by Crippen LogP contribution is 2.20. The molecule has 1 fully saturated rings. The number of carbonyl (C=O) groups is 2. The predicted octanol–water partition coefficient (Wildman–Crippen LogP) is 3.39. The molecule has 0 spiro atoms. The van der Waals surface area contributed by atoms with Crippen molar-refractivity contribution in [2.75, 3.05) is 17.2 Å². The van der Waals surface area contributed by atoms with Gasteiger partial charge in [-0.3, -0.25) is 9.59 Å². The number of hydrogen-bond donors (Lipinski definition) is 3. The van der Waals surface area contributed by atoms with Crippen molar-refractivity contribution in [3.63, 3.8) is 0 Å². The second-order valence-corrected chi connectivity index (χ2v) is 6.66. The summed E-state index contributed by atoms with van der Waals surface area (Å²) in [7, 11) is 0. The van der Waals surface area contributed by atoms with Gasteiger partial charge in [0.05, 0.1) is 6.54 Å². The molecule has 2 aromatic carbocycles. The number of anilines is 2. The van der Waals surface area contributed by atoms with Crippen LogP contribution in [0, 0.1) is 0 Å². The van der Waals surface area contributed by atoms with Crippen LogP contribution in [-0.2, 0) is 4.79 Å². The number of nitrogens with one attached hydrogen (secondary N) is 3. The van der Waals surface area contributed by atoms with Crippen molar-refractivity contribution in [2.24, 2.45) is 0 Å². The fourth-order valence-corrected chi connectivity index (χ4v) is 2.62. The molecule has 2 amide bonds. The van der Waals surface area contributed by atoms with E-state index in [2.05, 4.69) is 31.9 Å². The molecule has 1 aliphatic carbocycles. The van der Waals surface area contributed by atoms with Gasteiger partial charge >= 0.3 is 0 Å². The van der Waals surface area contributed by atoms with E-state index in [1.807, 2.05) is 24.3 Å². The molecule has 0 aliphatic heterocycles. The Morgan fingerprint density at radius 3 is 2.54 bits per heavy atom. The topological polar surface area (TPSA) is 70.2 Å². The highest BCUT2D eigenvalue weighted by Gasteiger charge is 2.23. The summed E-state index contributed by atoms with van der Waals surface area (Å²) in [6, 6.07) is 14.9. The molecule has 0 bridgehead atoms. The average molecular weight is 388 g/mol. The van der Waals surface area contributed by atoms with E-state index >= 15 is 0 Å². The molecule has 0 radical (unpaired) electrons. The summed E-state index contributed by atoms with van der Waals surface area (Å²) >= 11 is 3.39. The number of rotatable bonds is 6. The molecule has 0 atom stereocenters. The zero-order valence-corrected chi connectivity index (χ0v) is 14.6. The zero-order chi connectivity index (χ0) is 16.9. The molecule has 3 rings (SSSR count). The van der Waals surface area contributed by atoms with Gasteiger partial charge in [0.1, 0.15) is 0 Å². The molecule has 0 unspecified atom stereocenters. The van der Waals surface area contributed by atoms with Crippen LogP contribution in [0.3, 0.4) is 0 Å². The van der Waals surface area contributed by atoms with Crippen molar-refractivity contribution in [1.29, 1.82) is 0 Å². The Labute approximate surface area is 149 Å². The Morgan fingerprint density at radius 1 is 1.04 bits per heavy atom. The summed E-state index contributed by atoms with van der Waals surface area (Å²) in [5, 5.41) is 8.79. The minimum absolute atomic E-state index is 0.0964. The molecule has 1 aliphatic rings. The maximum absolute atomic E-state index is 12.1. The predicted molar refractivity (Wildman–Crippen MR) is 98.2 cm³/mol. The van der Waals surface area contributed by atoms with Gasteiger partial charge in [-0.1, -0.05) is 28.1 Å². The fourth-order valence-electron chi connectivity index (χ4n) is 2.22. The van der Waals surface area contributed by atoms with Gasteiger partial charge in [0, 0.05) is 27.5 Å². The SMILES string of the molecule is O=C(CNc1cccc(Br)c1)Nc1cccc(C(=O)NC2CC2)c1. The van der Waals surface area contributed by atoms with Crippen LogP contribution in [-0.4, -0.2) is 24.4 Å². The molecule has 24 heavy (non-hydrogen) atoms. The summed E-state index contributed by atoms with van der Waals surface area (Å²) in [6.07, 6.45) is 2.09. The largest absolute Gasteiger partial charge is 0.376 e. The lowest BCUT2D eigenvalue weighted by atomic mass is 10.2. The maximum atomic E-state index is 12.1. The van der Waals surface area contributed by atoms with Gasteiger partial charge in [-0.05, 0) is 49.2 Å². The lowest BCUT2D eigenvalue weighted by Crippen LogP contribution is -2.26. The van der Waals surface area contributed by atoms with Gasteiger partial charge in [-0.15, -0.1) is 0 Å². The van der Waals surface area contributed by atoms with Crippen molar-refractivity contribution < 1.29 is 9.59 Å². The van der Waals surface area contributed by atoms with Gasteiger partial charge in [0.2, 0.25) is 5.91 Å². The van der Waals surface area contributed by atoms with E-state index in [-0.39, 0.29) is 18.4 Å². The van der Waals surface area contributed by atoms with Crippen LogP contribution >= 0.6 is 15.9 Å². The Hall–Kier alpha value is -2.34. The highest BCUT2D eigenvalue weighted by atomic mass is 79.9. The molecule has 3 N–H and O–H groups in total. The zero-order valence-electron chi connectivity index (χ0n) is 13.0. The van der Waals surface area contributed by atoms with Crippen LogP contribution in [0.25, 0.3) is 0 Å². The standard InChI is InChI=1S/C18H18BrN3O2/c19-13-4-2-5-15(10-13)20-11-17(23)21-16-6-1-3-12(9-16)18(24)22-14-7-8-14/h1-6,9-10,14,20H,7-8,11H2,(H,21,23)(H,22,24). The second-order valence-electron chi connectivity index (χ2n) is 5.74. The molecule has 0 saturated heterocycles. The maximum Gasteiger partial charge on any atom is 0.251 e. The normalized spacial score (nSPS) is 13.2. The van der Waals surface area contributed by atoms with Crippen LogP contribution in [0.5, 0.6) is 0 Å². The van der Waals surface area contributed by atoms with E-state index in [0.29, 0.717) is 17.3 Å². The molecule has 1 saturated carbocycles. The van der Waals surface area contributed by atoms with Gasteiger partial charge in [-0.25, -0.2) is 0 Å². The number of amides is 2. The van der Waals surface area contributed by atoms with Crippen molar-refractivity contribution in [1.82, 2.24) is 5.32 Å². The van der Waals surface area contributed by atoms with Crippen molar-refractivity contribution in [3.05, 3.63) is 58.6 Å². The van der Waals surface area contributed by atoms with Crippen LogP contribution in [0.1, 0.15) is 23.2 Å². The quantitative estimate of drug-likeness (QED) is 0.711. The Bertz CT molecular complexity index is 759. The minimum atomic E-state index is -0.172. The monoisotopic (exact) mass is 387 g/mol. The first kappa shape index (κ1) is 16.5. The number of carbonyl (C=O) groups excluding carboxylic acids is 2.